The van der Waals surface area contributed by atoms with Gasteiger partial charge in [0.1, 0.15) is 67.1 Å². The van der Waals surface area contributed by atoms with E-state index in [1.807, 2.05) is 6.92 Å². The molecule has 3 saturated heterocycles. The van der Waals surface area contributed by atoms with Gasteiger partial charge in [0.25, 0.3) is 0 Å². The smallest absolute Gasteiger partial charge is 0.187 e. The summed E-state index contributed by atoms with van der Waals surface area (Å²) in [6, 6.07) is 0. The number of rotatable bonds is 11. The Bertz CT molecular complexity index is 1840. The second-order valence-corrected chi connectivity index (χ2v) is 22.9. The maximum absolute atomic E-state index is 12.1. The molecular weight excluding hydrogens is 881 g/mol. The summed E-state index contributed by atoms with van der Waals surface area (Å²) in [5, 5.41) is 142. The molecule has 3 heterocycles. The maximum Gasteiger partial charge on any atom is 0.187 e. The molecule has 19 heteroatoms. The molecule has 6 fully saturated rings. The van der Waals surface area contributed by atoms with Crippen molar-refractivity contribution in [3.63, 3.8) is 0 Å². The molecule has 384 valence electrons. The number of hydrogen-bond donors (Lipinski definition) is 13. The van der Waals surface area contributed by atoms with E-state index in [9.17, 15) is 66.4 Å². The van der Waals surface area contributed by atoms with Crippen molar-refractivity contribution in [3.8, 4) is 0 Å². The Morgan fingerprint density at radius 2 is 1.24 bits per heavy atom. The number of ether oxygens (including phenoxy) is 6. The van der Waals surface area contributed by atoms with E-state index < -0.39 is 134 Å². The second-order valence-electron chi connectivity index (χ2n) is 22.9. The third kappa shape index (κ3) is 7.97. The van der Waals surface area contributed by atoms with Crippen molar-refractivity contribution < 1.29 is 94.8 Å². The van der Waals surface area contributed by atoms with Crippen LogP contribution in [0.15, 0.2) is 23.3 Å². The Hall–Kier alpha value is -1.28. The zero-order valence-electron chi connectivity index (χ0n) is 39.6. The molecule has 3 aliphatic heterocycles. The van der Waals surface area contributed by atoms with Gasteiger partial charge in [0.05, 0.1) is 44.7 Å². The van der Waals surface area contributed by atoms with E-state index in [1.165, 1.54) is 6.92 Å². The molecule has 8 aliphatic rings. The van der Waals surface area contributed by atoms with E-state index in [0.717, 1.165) is 17.6 Å². The van der Waals surface area contributed by atoms with Crippen LogP contribution in [0.25, 0.3) is 0 Å². The molecule has 67 heavy (non-hydrogen) atoms. The van der Waals surface area contributed by atoms with Gasteiger partial charge < -0.3 is 94.8 Å². The van der Waals surface area contributed by atoms with Crippen LogP contribution in [0.3, 0.4) is 0 Å². The van der Waals surface area contributed by atoms with E-state index in [0.29, 0.717) is 44.9 Å². The minimum Gasteiger partial charge on any atom is -0.396 e. The summed E-state index contributed by atoms with van der Waals surface area (Å²) in [4.78, 5) is 0. The van der Waals surface area contributed by atoms with Gasteiger partial charge in [0.15, 0.2) is 18.9 Å². The van der Waals surface area contributed by atoms with Crippen LogP contribution in [0.4, 0.5) is 0 Å². The maximum atomic E-state index is 12.1. The number of aliphatic hydroxyl groups excluding tert-OH is 13. The van der Waals surface area contributed by atoms with E-state index in [2.05, 4.69) is 39.8 Å². The molecule has 3 saturated carbocycles. The van der Waals surface area contributed by atoms with Crippen molar-refractivity contribution in [3.05, 3.63) is 23.3 Å². The summed E-state index contributed by atoms with van der Waals surface area (Å²) >= 11 is 0. The molecule has 13 N–H and O–H groups in total. The second kappa shape index (κ2) is 18.6. The highest BCUT2D eigenvalue weighted by atomic mass is 16.8. The standard InChI is InChI=1S/C48H78O19/c1-22-31(55)38(66-42-39(35(59)33(57)26(18-50)64-42)67-40-36(60)34(58)32(56)25(17-49)63-40)37(61)41(62-22)65-30-10-11-44(3)27(45(30,4)20-52)9-12-46(5)28(44)8-7-23-24-15-43(2,19-51)13-14-48(24,21-53)29(54)16-47(23,46)6/h7-8,22,25-42,49-61H,9-21H2,1-6H3/t22-,25-,26-,27-,28-,29-,30+,31+,32-,33-,34+,35+,36-,37-,38+,39-,40+,41+,42+,43+,44+,45+,46-,47-,48-/m1/s1. The van der Waals surface area contributed by atoms with E-state index in [-0.39, 0.29) is 47.9 Å². The molecule has 0 unspecified atom stereocenters. The van der Waals surface area contributed by atoms with Gasteiger partial charge in [-0.15, -0.1) is 0 Å². The minimum atomic E-state index is -1.91. The third-order valence-electron chi connectivity index (χ3n) is 19.2. The minimum absolute atomic E-state index is 0.0135. The Balaban J connectivity index is 1.04. The van der Waals surface area contributed by atoms with E-state index in [1.54, 1.807) is 0 Å². The quantitative estimate of drug-likeness (QED) is 0.105. The van der Waals surface area contributed by atoms with Crippen molar-refractivity contribution >= 4 is 0 Å². The van der Waals surface area contributed by atoms with Crippen LogP contribution in [0, 0.1) is 44.3 Å². The molecule has 25 atom stereocenters. The number of fused-ring (bicyclic) bond motifs is 6. The molecule has 5 aliphatic carbocycles. The first kappa shape index (κ1) is 52.1. The highest BCUT2D eigenvalue weighted by Crippen LogP contribution is 2.74. The highest BCUT2D eigenvalue weighted by Gasteiger charge is 2.69. The lowest BCUT2D eigenvalue weighted by Crippen LogP contribution is -2.67. The van der Waals surface area contributed by atoms with Gasteiger partial charge in [-0.25, -0.2) is 0 Å². The molecule has 8 rings (SSSR count). The molecule has 0 bridgehead atoms. The van der Waals surface area contributed by atoms with Gasteiger partial charge in [-0.3, -0.25) is 0 Å². The van der Waals surface area contributed by atoms with Gasteiger partial charge in [-0.2, -0.15) is 0 Å². The first-order valence-electron chi connectivity index (χ1n) is 24.3. The zero-order valence-corrected chi connectivity index (χ0v) is 39.6. The fourth-order valence-corrected chi connectivity index (χ4v) is 14.6. The average Bonchev–Trinajstić information content (AvgIpc) is 3.30. The van der Waals surface area contributed by atoms with Crippen LogP contribution in [0.1, 0.15) is 92.9 Å². The predicted octanol–water partition coefficient (Wildman–Crippen LogP) is -1.52. The molecule has 0 radical (unpaired) electrons. The van der Waals surface area contributed by atoms with Crippen LogP contribution in [0.5, 0.6) is 0 Å². The largest absolute Gasteiger partial charge is 0.396 e. The van der Waals surface area contributed by atoms with E-state index in [4.69, 9.17) is 28.4 Å². The number of hydrogen-bond acceptors (Lipinski definition) is 19. The zero-order chi connectivity index (χ0) is 49.0. The van der Waals surface area contributed by atoms with Crippen LogP contribution >= 0.6 is 0 Å². The molecule has 0 aromatic heterocycles. The predicted molar refractivity (Wildman–Crippen MR) is 233 cm³/mol. The van der Waals surface area contributed by atoms with Crippen LogP contribution in [0.2, 0.25) is 0 Å². The summed E-state index contributed by atoms with van der Waals surface area (Å²) in [7, 11) is 0. The molecule has 19 nitrogen and oxygen atoms in total. The Kier molecular flexibility index (Phi) is 14.5. The average molecular weight is 959 g/mol. The number of allylic oxidation sites excluding steroid dienone is 3. The normalized spacial score (nSPS) is 55.6. The summed E-state index contributed by atoms with van der Waals surface area (Å²) in [6.07, 6.45) is -16.5. The third-order valence-corrected chi connectivity index (χ3v) is 19.2. The Morgan fingerprint density at radius 3 is 1.87 bits per heavy atom. The van der Waals surface area contributed by atoms with Gasteiger partial charge >= 0.3 is 0 Å². The summed E-state index contributed by atoms with van der Waals surface area (Å²) in [6.45, 7) is 10.5. The van der Waals surface area contributed by atoms with Crippen molar-refractivity contribution in [1.29, 1.82) is 0 Å². The highest BCUT2D eigenvalue weighted by molar-refractivity contribution is 5.47. The monoisotopic (exact) mass is 959 g/mol. The first-order chi connectivity index (χ1) is 31.5. The summed E-state index contributed by atoms with van der Waals surface area (Å²) < 4.78 is 36.1. The molecule has 0 aromatic rings. The summed E-state index contributed by atoms with van der Waals surface area (Å²) in [5.74, 6) is -0.0620. The van der Waals surface area contributed by atoms with Crippen LogP contribution in [-0.4, -0.2) is 204 Å². The number of aliphatic hydroxyl groups is 13. The lowest BCUT2D eigenvalue weighted by Gasteiger charge is -2.70. The van der Waals surface area contributed by atoms with Crippen molar-refractivity contribution in [1.82, 2.24) is 0 Å². The van der Waals surface area contributed by atoms with E-state index >= 15 is 0 Å². The van der Waals surface area contributed by atoms with Crippen LogP contribution in [-0.2, 0) is 28.4 Å². The molecule has 0 spiro atoms. The SMILES string of the molecule is C[C@H]1O[C@@H](O[C@H]2CC[C@@]3(C)[C@@H](CC[C@]4(C)[C@@H]3C=CC3=C5C[C@@](C)(CO)CC[C@]5(CO)[C@H](O)C[C@]34C)[C@]2(C)CO)[C@H](O)[C@@H](O[C@@H]2O[C@H](CO)[C@@H](O)[C@H](O)[C@H]2O[C@@H]2O[C@H](CO)[C@@H](O)[C@H](O)[C@H]2O)[C@H]1O. The van der Waals surface area contributed by atoms with Gasteiger partial charge in [-0.05, 0) is 91.9 Å². The molecule has 0 aromatic carbocycles. The van der Waals surface area contributed by atoms with Gasteiger partial charge in [-0.1, -0.05) is 52.3 Å². The Morgan fingerprint density at radius 1 is 0.612 bits per heavy atom. The lowest BCUT2D eigenvalue weighted by atomic mass is 9.35. The van der Waals surface area contributed by atoms with Crippen molar-refractivity contribution in [2.75, 3.05) is 33.0 Å². The molecule has 0 amide bonds. The van der Waals surface area contributed by atoms with Crippen LogP contribution < -0.4 is 0 Å². The van der Waals surface area contributed by atoms with Crippen molar-refractivity contribution in [2.24, 2.45) is 44.3 Å². The fraction of sp³-hybridized carbons (Fsp3) is 0.917. The topological polar surface area (TPSA) is 318 Å². The van der Waals surface area contributed by atoms with Crippen molar-refractivity contribution in [2.45, 2.75) is 197 Å². The lowest BCUT2D eigenvalue weighted by molar-refractivity contribution is -0.391. The van der Waals surface area contributed by atoms with Gasteiger partial charge in [0, 0.05) is 22.9 Å². The fourth-order valence-electron chi connectivity index (χ4n) is 14.6. The first-order valence-corrected chi connectivity index (χ1v) is 24.3. The molecular formula is C48H78O19. The Labute approximate surface area is 391 Å². The summed E-state index contributed by atoms with van der Waals surface area (Å²) in [5.41, 5.74) is -0.899. The van der Waals surface area contributed by atoms with Gasteiger partial charge in [0.2, 0.25) is 0 Å².